The maximum atomic E-state index is 12.5. The van der Waals surface area contributed by atoms with E-state index in [-0.39, 0.29) is 5.56 Å². The Balaban J connectivity index is 1.97. The monoisotopic (exact) mass is 264 g/mol. The molecule has 3 aromatic rings. The lowest BCUT2D eigenvalue weighted by molar-refractivity contribution is 0.685. The van der Waals surface area contributed by atoms with Crippen molar-refractivity contribution in [1.82, 2.24) is 4.57 Å². The standard InChI is InChI=1S/C17H16N2O/c18-16-12-14-8-4-5-9-15(14)17(20)19(16)11-10-13-6-2-1-3-7-13/h1-9,12H,10-11,18H2. The minimum absolute atomic E-state index is 0.0171. The van der Waals surface area contributed by atoms with Crippen molar-refractivity contribution >= 4 is 16.6 Å². The SMILES string of the molecule is Nc1cc2ccccc2c(=O)n1CCc1ccccc1. The lowest BCUT2D eigenvalue weighted by atomic mass is 10.1. The van der Waals surface area contributed by atoms with Crippen LogP contribution in [0.25, 0.3) is 10.8 Å². The number of nitrogens with two attached hydrogens (primary N) is 1. The summed E-state index contributed by atoms with van der Waals surface area (Å²) in [6.07, 6.45) is 0.795. The predicted octanol–water partition coefficient (Wildman–Crippen LogP) is 2.83. The van der Waals surface area contributed by atoms with Gasteiger partial charge in [0.1, 0.15) is 5.82 Å². The fraction of sp³-hybridized carbons (Fsp3) is 0.118. The first-order valence-corrected chi connectivity index (χ1v) is 6.68. The molecule has 0 atom stereocenters. The second-order valence-electron chi connectivity index (χ2n) is 4.85. The molecule has 3 nitrogen and oxygen atoms in total. The zero-order valence-corrected chi connectivity index (χ0v) is 11.1. The van der Waals surface area contributed by atoms with Crippen LogP contribution in [0, 0.1) is 0 Å². The molecule has 0 aliphatic heterocycles. The van der Waals surface area contributed by atoms with Crippen LogP contribution in [0.3, 0.4) is 0 Å². The Bertz CT molecular complexity index is 791. The van der Waals surface area contributed by atoms with Gasteiger partial charge in [-0.1, -0.05) is 48.5 Å². The van der Waals surface area contributed by atoms with Crippen molar-refractivity contribution in [3.05, 3.63) is 76.6 Å². The first-order valence-electron chi connectivity index (χ1n) is 6.68. The first-order chi connectivity index (χ1) is 9.75. The average molecular weight is 264 g/mol. The molecule has 20 heavy (non-hydrogen) atoms. The molecular weight excluding hydrogens is 248 g/mol. The first kappa shape index (κ1) is 12.5. The molecule has 2 aromatic carbocycles. The Kier molecular flexibility index (Phi) is 3.25. The molecule has 0 unspecified atom stereocenters. The second-order valence-corrected chi connectivity index (χ2v) is 4.85. The molecular formula is C17H16N2O. The van der Waals surface area contributed by atoms with Crippen molar-refractivity contribution in [2.45, 2.75) is 13.0 Å². The molecule has 0 aliphatic carbocycles. The molecule has 0 bridgehead atoms. The molecule has 0 fully saturated rings. The summed E-state index contributed by atoms with van der Waals surface area (Å²) in [5, 5.41) is 1.61. The highest BCUT2D eigenvalue weighted by atomic mass is 16.1. The van der Waals surface area contributed by atoms with Gasteiger partial charge in [0.15, 0.2) is 0 Å². The Morgan fingerprint density at radius 2 is 1.65 bits per heavy atom. The van der Waals surface area contributed by atoms with E-state index in [1.54, 1.807) is 4.57 Å². The van der Waals surface area contributed by atoms with E-state index in [0.29, 0.717) is 12.4 Å². The summed E-state index contributed by atoms with van der Waals surface area (Å²) in [5.41, 5.74) is 7.20. The van der Waals surface area contributed by atoms with Gasteiger partial charge in [-0.3, -0.25) is 9.36 Å². The predicted molar refractivity (Wildman–Crippen MR) is 82.8 cm³/mol. The number of anilines is 1. The Hall–Kier alpha value is -2.55. The number of hydrogen-bond donors (Lipinski definition) is 1. The van der Waals surface area contributed by atoms with Crippen molar-refractivity contribution in [2.24, 2.45) is 0 Å². The van der Waals surface area contributed by atoms with Crippen LogP contribution < -0.4 is 11.3 Å². The molecule has 0 spiro atoms. The van der Waals surface area contributed by atoms with Crippen LogP contribution in [0.5, 0.6) is 0 Å². The van der Waals surface area contributed by atoms with E-state index in [2.05, 4.69) is 12.1 Å². The molecule has 1 heterocycles. The highest BCUT2D eigenvalue weighted by Crippen LogP contribution is 2.13. The average Bonchev–Trinajstić information content (AvgIpc) is 2.48. The summed E-state index contributed by atoms with van der Waals surface area (Å²) >= 11 is 0. The van der Waals surface area contributed by atoms with E-state index in [1.165, 1.54) is 5.56 Å². The van der Waals surface area contributed by atoms with Crippen molar-refractivity contribution in [2.75, 3.05) is 5.73 Å². The lowest BCUT2D eigenvalue weighted by Crippen LogP contribution is -2.24. The fourth-order valence-electron chi connectivity index (χ4n) is 2.43. The quantitative estimate of drug-likeness (QED) is 0.790. The van der Waals surface area contributed by atoms with Crippen LogP contribution in [0.1, 0.15) is 5.56 Å². The third-order valence-electron chi connectivity index (χ3n) is 3.52. The number of aryl methyl sites for hydroxylation is 1. The minimum Gasteiger partial charge on any atom is -0.385 e. The van der Waals surface area contributed by atoms with Gasteiger partial charge >= 0.3 is 0 Å². The number of rotatable bonds is 3. The van der Waals surface area contributed by atoms with Gasteiger partial charge in [0, 0.05) is 11.9 Å². The highest BCUT2D eigenvalue weighted by Gasteiger charge is 2.06. The summed E-state index contributed by atoms with van der Waals surface area (Å²) in [7, 11) is 0. The number of nitrogen functional groups attached to an aromatic ring is 1. The maximum Gasteiger partial charge on any atom is 0.259 e. The summed E-state index contributed by atoms with van der Waals surface area (Å²) in [6, 6.07) is 19.5. The molecule has 0 radical (unpaired) electrons. The number of fused-ring (bicyclic) bond motifs is 1. The van der Waals surface area contributed by atoms with Crippen molar-refractivity contribution in [1.29, 1.82) is 0 Å². The van der Waals surface area contributed by atoms with Crippen molar-refractivity contribution in [3.8, 4) is 0 Å². The van der Waals surface area contributed by atoms with E-state index < -0.39 is 0 Å². The van der Waals surface area contributed by atoms with Gasteiger partial charge < -0.3 is 5.73 Å². The third kappa shape index (κ3) is 2.30. The maximum absolute atomic E-state index is 12.5. The zero-order valence-electron chi connectivity index (χ0n) is 11.1. The molecule has 0 amide bonds. The Morgan fingerprint density at radius 3 is 2.45 bits per heavy atom. The molecule has 3 heteroatoms. The molecule has 1 aromatic heterocycles. The number of nitrogens with zero attached hydrogens (tertiary/aromatic N) is 1. The topological polar surface area (TPSA) is 48.0 Å². The van der Waals surface area contributed by atoms with Gasteiger partial charge in [0.2, 0.25) is 0 Å². The highest BCUT2D eigenvalue weighted by molar-refractivity contribution is 5.83. The molecule has 0 saturated heterocycles. The van der Waals surface area contributed by atoms with E-state index in [4.69, 9.17) is 5.73 Å². The van der Waals surface area contributed by atoms with Crippen LogP contribution in [-0.2, 0) is 13.0 Å². The normalized spacial score (nSPS) is 10.8. The lowest BCUT2D eigenvalue weighted by Gasteiger charge is -2.11. The molecule has 0 aliphatic rings. The fourth-order valence-corrected chi connectivity index (χ4v) is 2.43. The van der Waals surface area contributed by atoms with E-state index in [1.807, 2.05) is 48.5 Å². The number of benzene rings is 2. The molecule has 0 saturated carbocycles. The van der Waals surface area contributed by atoms with Gasteiger partial charge in [0.05, 0.1) is 0 Å². The summed E-state index contributed by atoms with van der Waals surface area (Å²) in [4.78, 5) is 12.5. The van der Waals surface area contributed by atoms with Crippen molar-refractivity contribution < 1.29 is 0 Å². The van der Waals surface area contributed by atoms with Gasteiger partial charge in [-0.25, -0.2) is 0 Å². The van der Waals surface area contributed by atoms with Crippen LogP contribution in [0.15, 0.2) is 65.5 Å². The molecule has 3 rings (SSSR count). The zero-order chi connectivity index (χ0) is 13.9. The minimum atomic E-state index is -0.0171. The summed E-state index contributed by atoms with van der Waals surface area (Å²) in [5.74, 6) is 0.518. The van der Waals surface area contributed by atoms with Crippen LogP contribution in [0.2, 0.25) is 0 Å². The smallest absolute Gasteiger partial charge is 0.259 e. The Labute approximate surface area is 117 Å². The van der Waals surface area contributed by atoms with Gasteiger partial charge in [0.25, 0.3) is 5.56 Å². The van der Waals surface area contributed by atoms with E-state index in [9.17, 15) is 4.79 Å². The van der Waals surface area contributed by atoms with Crippen LogP contribution in [0.4, 0.5) is 5.82 Å². The van der Waals surface area contributed by atoms with Gasteiger partial charge in [-0.15, -0.1) is 0 Å². The largest absolute Gasteiger partial charge is 0.385 e. The summed E-state index contributed by atoms with van der Waals surface area (Å²) < 4.78 is 1.65. The second kappa shape index (κ2) is 5.21. The summed E-state index contributed by atoms with van der Waals surface area (Å²) in [6.45, 7) is 0.597. The number of aromatic nitrogens is 1. The van der Waals surface area contributed by atoms with E-state index in [0.717, 1.165) is 17.2 Å². The van der Waals surface area contributed by atoms with E-state index >= 15 is 0 Å². The van der Waals surface area contributed by atoms with Crippen LogP contribution in [-0.4, -0.2) is 4.57 Å². The van der Waals surface area contributed by atoms with Crippen LogP contribution >= 0.6 is 0 Å². The number of pyridine rings is 1. The molecule has 2 N–H and O–H groups in total. The van der Waals surface area contributed by atoms with Gasteiger partial charge in [-0.2, -0.15) is 0 Å². The third-order valence-corrected chi connectivity index (χ3v) is 3.52. The van der Waals surface area contributed by atoms with Crippen molar-refractivity contribution in [3.63, 3.8) is 0 Å². The molecule has 100 valence electrons. The van der Waals surface area contributed by atoms with Gasteiger partial charge in [-0.05, 0) is 29.5 Å². The number of hydrogen-bond acceptors (Lipinski definition) is 2. The Morgan fingerprint density at radius 1 is 0.950 bits per heavy atom.